The molecule has 2 N–H and O–H groups in total. The van der Waals surface area contributed by atoms with Gasteiger partial charge in [0, 0.05) is 18.1 Å². The third-order valence-corrected chi connectivity index (χ3v) is 5.87. The van der Waals surface area contributed by atoms with Crippen LogP contribution < -0.4 is 5.73 Å². The van der Waals surface area contributed by atoms with Crippen LogP contribution in [0.1, 0.15) is 27.2 Å². The van der Waals surface area contributed by atoms with Crippen LogP contribution >= 0.6 is 0 Å². The van der Waals surface area contributed by atoms with Crippen LogP contribution in [0.25, 0.3) is 0 Å². The number of nitrogens with two attached hydrogens (primary N) is 1. The van der Waals surface area contributed by atoms with Gasteiger partial charge in [-0.1, -0.05) is 13.8 Å². The molecular weight excluding hydrogens is 224 g/mol. The Balaban J connectivity index is 2.90. The van der Waals surface area contributed by atoms with Gasteiger partial charge in [-0.05, 0) is 26.3 Å². The first-order valence-corrected chi connectivity index (χ1v) is 7.70. The van der Waals surface area contributed by atoms with Gasteiger partial charge in [-0.3, -0.25) is 4.90 Å². The van der Waals surface area contributed by atoms with Crippen molar-refractivity contribution in [2.75, 3.05) is 25.1 Å². The molecule has 4 nitrogen and oxygen atoms in total. The molecule has 0 radical (unpaired) electrons. The highest BCUT2D eigenvalue weighted by Gasteiger charge is 2.45. The van der Waals surface area contributed by atoms with Gasteiger partial charge in [0.1, 0.15) is 0 Å². The van der Waals surface area contributed by atoms with E-state index in [0.717, 1.165) is 0 Å². The molecule has 1 rings (SSSR count). The molecule has 0 bridgehead atoms. The van der Waals surface area contributed by atoms with E-state index >= 15 is 0 Å². The molecule has 1 fully saturated rings. The lowest BCUT2D eigenvalue weighted by Crippen LogP contribution is -2.57. The van der Waals surface area contributed by atoms with E-state index in [1.54, 1.807) is 0 Å². The summed E-state index contributed by atoms with van der Waals surface area (Å²) in [5, 5.41) is 0. The smallest absolute Gasteiger partial charge is 0.152 e. The monoisotopic (exact) mass is 248 g/mol. The summed E-state index contributed by atoms with van der Waals surface area (Å²) in [7, 11) is -0.894. The molecule has 0 aromatic heterocycles. The van der Waals surface area contributed by atoms with Crippen LogP contribution in [0, 0.1) is 5.92 Å². The van der Waals surface area contributed by atoms with Crippen molar-refractivity contribution in [2.45, 2.75) is 38.8 Å². The molecule has 2 atom stereocenters. The maximum Gasteiger partial charge on any atom is 0.152 e. The predicted molar refractivity (Wildman–Crippen MR) is 67.1 cm³/mol. The van der Waals surface area contributed by atoms with Crippen LogP contribution in [-0.4, -0.2) is 50.0 Å². The molecule has 0 saturated carbocycles. The van der Waals surface area contributed by atoms with E-state index in [-0.39, 0.29) is 17.0 Å². The quantitative estimate of drug-likeness (QED) is 0.786. The zero-order chi connectivity index (χ0) is 12.6. The molecule has 16 heavy (non-hydrogen) atoms. The van der Waals surface area contributed by atoms with Gasteiger partial charge in [0.05, 0.1) is 11.5 Å². The number of sulfone groups is 1. The maximum atomic E-state index is 11.6. The molecular formula is C11H24N2O2S. The summed E-state index contributed by atoms with van der Waals surface area (Å²) in [6.45, 7) is 6.84. The molecule has 2 unspecified atom stereocenters. The minimum atomic E-state index is -2.89. The van der Waals surface area contributed by atoms with Gasteiger partial charge in [-0.15, -0.1) is 0 Å². The number of likely N-dealkylation sites (N-methyl/N-ethyl adjacent to an activating group) is 1. The third kappa shape index (κ3) is 2.57. The highest BCUT2D eigenvalue weighted by molar-refractivity contribution is 7.91. The van der Waals surface area contributed by atoms with E-state index in [1.165, 1.54) is 0 Å². The second-order valence-electron chi connectivity index (χ2n) is 5.37. The fourth-order valence-electron chi connectivity index (χ4n) is 2.36. The summed E-state index contributed by atoms with van der Waals surface area (Å²) in [4.78, 5) is 2.17. The van der Waals surface area contributed by atoms with Gasteiger partial charge >= 0.3 is 0 Å². The summed E-state index contributed by atoms with van der Waals surface area (Å²) >= 11 is 0. The number of nitrogens with zero attached hydrogens (tertiary/aromatic N) is 1. The third-order valence-electron chi connectivity index (χ3n) is 4.07. The predicted octanol–water partition coefficient (Wildman–Crippen LogP) is 0.479. The average molecular weight is 248 g/mol. The van der Waals surface area contributed by atoms with Crippen LogP contribution in [0.2, 0.25) is 0 Å². The number of hydrogen-bond donors (Lipinski definition) is 1. The van der Waals surface area contributed by atoms with Gasteiger partial charge in [-0.2, -0.15) is 0 Å². The molecule has 0 aromatic rings. The van der Waals surface area contributed by atoms with E-state index in [4.69, 9.17) is 5.73 Å². The topological polar surface area (TPSA) is 63.4 Å². The van der Waals surface area contributed by atoms with Crippen molar-refractivity contribution in [1.82, 2.24) is 4.90 Å². The molecule has 1 aliphatic heterocycles. The SMILES string of the molecule is CC(C)C(C)N(C)C1(CN)CCS(=O)(=O)C1. The summed E-state index contributed by atoms with van der Waals surface area (Å²) in [6.07, 6.45) is 0.666. The lowest BCUT2D eigenvalue weighted by Gasteiger charge is -2.42. The summed E-state index contributed by atoms with van der Waals surface area (Å²) in [5.41, 5.74) is 5.48. The van der Waals surface area contributed by atoms with Crippen molar-refractivity contribution in [3.05, 3.63) is 0 Å². The van der Waals surface area contributed by atoms with Crippen LogP contribution in [0.3, 0.4) is 0 Å². The van der Waals surface area contributed by atoms with E-state index in [9.17, 15) is 8.42 Å². The first-order valence-electron chi connectivity index (χ1n) is 5.87. The van der Waals surface area contributed by atoms with Crippen LogP contribution in [-0.2, 0) is 9.84 Å². The molecule has 0 amide bonds. The Kier molecular flexibility index (Phi) is 4.03. The minimum absolute atomic E-state index is 0.212. The molecule has 0 spiro atoms. The van der Waals surface area contributed by atoms with E-state index in [1.807, 2.05) is 7.05 Å². The maximum absolute atomic E-state index is 11.6. The van der Waals surface area contributed by atoms with E-state index in [0.29, 0.717) is 24.9 Å². The highest BCUT2D eigenvalue weighted by Crippen LogP contribution is 2.30. The highest BCUT2D eigenvalue weighted by atomic mass is 32.2. The average Bonchev–Trinajstić information content (AvgIpc) is 2.53. The Morgan fingerprint density at radius 3 is 2.25 bits per heavy atom. The summed E-state index contributed by atoms with van der Waals surface area (Å²) in [5.74, 6) is 0.986. The lowest BCUT2D eigenvalue weighted by molar-refractivity contribution is 0.0819. The summed E-state index contributed by atoms with van der Waals surface area (Å²) < 4.78 is 23.2. The first-order chi connectivity index (χ1) is 7.24. The second-order valence-corrected chi connectivity index (χ2v) is 7.55. The Morgan fingerprint density at radius 2 is 1.94 bits per heavy atom. The molecule has 1 saturated heterocycles. The Labute approximate surface area is 99.1 Å². The van der Waals surface area contributed by atoms with Crippen molar-refractivity contribution >= 4 is 9.84 Å². The molecule has 96 valence electrons. The fraction of sp³-hybridized carbons (Fsp3) is 1.00. The van der Waals surface area contributed by atoms with Crippen molar-refractivity contribution < 1.29 is 8.42 Å². The van der Waals surface area contributed by atoms with Crippen LogP contribution in [0.5, 0.6) is 0 Å². The molecule has 1 aliphatic rings. The van der Waals surface area contributed by atoms with Gasteiger partial charge in [0.2, 0.25) is 0 Å². The lowest BCUT2D eigenvalue weighted by atomic mass is 9.92. The fourth-order valence-corrected chi connectivity index (χ4v) is 4.48. The van der Waals surface area contributed by atoms with Gasteiger partial charge in [0.25, 0.3) is 0 Å². The minimum Gasteiger partial charge on any atom is -0.329 e. The molecule has 1 heterocycles. The van der Waals surface area contributed by atoms with Crippen LogP contribution in [0.15, 0.2) is 0 Å². The zero-order valence-electron chi connectivity index (χ0n) is 10.7. The van der Waals surface area contributed by atoms with E-state index in [2.05, 4.69) is 25.7 Å². The second kappa shape index (κ2) is 4.63. The van der Waals surface area contributed by atoms with Crippen LogP contribution in [0.4, 0.5) is 0 Å². The van der Waals surface area contributed by atoms with Crippen molar-refractivity contribution in [3.63, 3.8) is 0 Å². The van der Waals surface area contributed by atoms with Crippen molar-refractivity contribution in [2.24, 2.45) is 11.7 Å². The van der Waals surface area contributed by atoms with Gasteiger partial charge in [0.15, 0.2) is 9.84 Å². The Morgan fingerprint density at radius 1 is 1.38 bits per heavy atom. The normalized spacial score (nSPS) is 31.2. The Hall–Kier alpha value is -0.130. The Bertz CT molecular complexity index is 340. The summed E-state index contributed by atoms with van der Waals surface area (Å²) in [6, 6.07) is 0.344. The number of hydrogen-bond acceptors (Lipinski definition) is 4. The standard InChI is InChI=1S/C11H24N2O2S/c1-9(2)10(3)13(4)11(7-12)5-6-16(14,15)8-11/h9-10H,5-8,12H2,1-4H3. The molecule has 5 heteroatoms. The van der Waals surface area contributed by atoms with Crippen molar-refractivity contribution in [1.29, 1.82) is 0 Å². The number of rotatable bonds is 4. The molecule has 0 aliphatic carbocycles. The van der Waals surface area contributed by atoms with Gasteiger partial charge < -0.3 is 5.73 Å². The van der Waals surface area contributed by atoms with E-state index < -0.39 is 9.84 Å². The first kappa shape index (κ1) is 13.9. The largest absolute Gasteiger partial charge is 0.329 e. The van der Waals surface area contributed by atoms with Gasteiger partial charge in [-0.25, -0.2) is 8.42 Å². The van der Waals surface area contributed by atoms with Crippen molar-refractivity contribution in [3.8, 4) is 0 Å². The molecule has 0 aromatic carbocycles. The zero-order valence-corrected chi connectivity index (χ0v) is 11.5.